The highest BCUT2D eigenvalue weighted by Crippen LogP contribution is 2.30. The van der Waals surface area contributed by atoms with Crippen LogP contribution in [-0.2, 0) is 6.18 Å². The van der Waals surface area contributed by atoms with Crippen LogP contribution in [0, 0.1) is 5.82 Å². The smallest absolute Gasteiger partial charge is 0.206 e. The lowest BCUT2D eigenvalue weighted by atomic mass is 10.1. The lowest BCUT2D eigenvalue weighted by Crippen LogP contribution is -2.05. The molecule has 1 aromatic rings. The molecule has 3 nitrogen and oxygen atoms in total. The molecule has 0 fully saturated rings. The van der Waals surface area contributed by atoms with Crippen LogP contribution in [0.3, 0.4) is 0 Å². The van der Waals surface area contributed by atoms with Crippen molar-refractivity contribution in [3.05, 3.63) is 51.7 Å². The molecule has 1 rings (SSSR count). The number of azide groups is 1. The molecular formula is C10H7F4N3. The van der Waals surface area contributed by atoms with Gasteiger partial charge in [-0.2, -0.15) is 13.2 Å². The molecule has 0 radical (unpaired) electrons. The Kier molecular flexibility index (Phi) is 4.12. The lowest BCUT2D eigenvalue weighted by molar-refractivity contribution is -0.137. The minimum atomic E-state index is -4.51. The molecule has 0 atom stereocenters. The van der Waals surface area contributed by atoms with Crippen molar-refractivity contribution in [3.8, 4) is 0 Å². The van der Waals surface area contributed by atoms with Crippen LogP contribution in [0.15, 0.2) is 29.4 Å². The number of hydrogen-bond acceptors (Lipinski definition) is 1. The third-order valence-corrected chi connectivity index (χ3v) is 1.87. The van der Waals surface area contributed by atoms with Crippen molar-refractivity contribution < 1.29 is 17.6 Å². The zero-order valence-corrected chi connectivity index (χ0v) is 8.45. The molecule has 0 N–H and O–H groups in total. The molecule has 0 bridgehead atoms. The van der Waals surface area contributed by atoms with Crippen LogP contribution in [0.25, 0.3) is 16.5 Å². The third-order valence-electron chi connectivity index (χ3n) is 1.87. The predicted octanol–water partition coefficient (Wildman–Crippen LogP) is 4.17. The fraction of sp³-hybridized carbons (Fsp3) is 0.200. The van der Waals surface area contributed by atoms with E-state index in [2.05, 4.69) is 10.0 Å². The summed E-state index contributed by atoms with van der Waals surface area (Å²) in [5.74, 6) is -0.768. The van der Waals surface area contributed by atoms with Gasteiger partial charge in [0.15, 0.2) is 0 Å². The van der Waals surface area contributed by atoms with E-state index in [4.69, 9.17) is 5.53 Å². The Morgan fingerprint density at radius 3 is 2.65 bits per heavy atom. The summed E-state index contributed by atoms with van der Waals surface area (Å²) in [4.78, 5) is 2.45. The average molecular weight is 245 g/mol. The quantitative estimate of drug-likeness (QED) is 0.332. The van der Waals surface area contributed by atoms with Crippen LogP contribution in [-0.4, -0.2) is 6.54 Å². The molecule has 0 aliphatic rings. The number of alkyl halides is 3. The maximum Gasteiger partial charge on any atom is 0.416 e. The number of halogens is 4. The van der Waals surface area contributed by atoms with Gasteiger partial charge in [-0.15, -0.1) is 0 Å². The van der Waals surface area contributed by atoms with Gasteiger partial charge in [-0.25, -0.2) is 4.39 Å². The van der Waals surface area contributed by atoms with Crippen LogP contribution in [0.1, 0.15) is 11.1 Å². The van der Waals surface area contributed by atoms with E-state index in [-0.39, 0.29) is 12.1 Å². The van der Waals surface area contributed by atoms with Crippen LogP contribution in [0.5, 0.6) is 0 Å². The Morgan fingerprint density at radius 2 is 2.06 bits per heavy atom. The van der Waals surface area contributed by atoms with Gasteiger partial charge in [0.05, 0.1) is 5.56 Å². The minimum absolute atomic E-state index is 0.0494. The second-order valence-electron chi connectivity index (χ2n) is 3.05. The third kappa shape index (κ3) is 3.81. The molecule has 1 aromatic carbocycles. The zero-order valence-electron chi connectivity index (χ0n) is 8.45. The topological polar surface area (TPSA) is 48.8 Å². The molecule has 0 amide bonds. The second-order valence-corrected chi connectivity index (χ2v) is 3.05. The normalized spacial score (nSPS) is 11.5. The van der Waals surface area contributed by atoms with Gasteiger partial charge in [0.1, 0.15) is 5.82 Å². The molecule has 0 unspecified atom stereocenters. The first-order chi connectivity index (χ1) is 7.95. The summed E-state index contributed by atoms with van der Waals surface area (Å²) < 4.78 is 50.1. The maximum absolute atomic E-state index is 13.1. The van der Waals surface area contributed by atoms with Gasteiger partial charge >= 0.3 is 6.18 Å². The van der Waals surface area contributed by atoms with Crippen LogP contribution < -0.4 is 0 Å². The Morgan fingerprint density at radius 1 is 1.35 bits per heavy atom. The highest BCUT2D eigenvalue weighted by atomic mass is 19.4. The molecule has 0 aromatic heterocycles. The highest BCUT2D eigenvalue weighted by Gasteiger charge is 2.30. The Labute approximate surface area is 94.0 Å². The molecule has 0 spiro atoms. The summed E-state index contributed by atoms with van der Waals surface area (Å²) in [5, 5.41) is 3.14. The molecule has 0 saturated heterocycles. The Bertz CT molecular complexity index is 473. The molecule has 7 heteroatoms. The van der Waals surface area contributed by atoms with E-state index >= 15 is 0 Å². The van der Waals surface area contributed by atoms with E-state index < -0.39 is 17.6 Å². The summed E-state index contributed by atoms with van der Waals surface area (Å²) in [6, 6.07) is 2.11. The molecule has 0 aliphatic heterocycles. The average Bonchev–Trinajstić information content (AvgIpc) is 2.25. The van der Waals surface area contributed by atoms with Gasteiger partial charge in [0.2, 0.25) is 0 Å². The number of hydrogen-bond donors (Lipinski definition) is 0. The second kappa shape index (κ2) is 5.36. The van der Waals surface area contributed by atoms with Crippen molar-refractivity contribution >= 4 is 6.08 Å². The predicted molar refractivity (Wildman–Crippen MR) is 54.4 cm³/mol. The first kappa shape index (κ1) is 13.1. The fourth-order valence-corrected chi connectivity index (χ4v) is 1.11. The van der Waals surface area contributed by atoms with Crippen molar-refractivity contribution in [2.45, 2.75) is 6.18 Å². The van der Waals surface area contributed by atoms with Crippen LogP contribution >= 0.6 is 0 Å². The highest BCUT2D eigenvalue weighted by molar-refractivity contribution is 5.51. The van der Waals surface area contributed by atoms with Crippen molar-refractivity contribution in [1.82, 2.24) is 0 Å². The zero-order chi connectivity index (χ0) is 12.9. The summed E-state index contributed by atoms with van der Waals surface area (Å²) in [5.41, 5.74) is 6.84. The Balaban J connectivity index is 2.99. The first-order valence-electron chi connectivity index (χ1n) is 4.49. The van der Waals surface area contributed by atoms with Gasteiger partial charge in [-0.1, -0.05) is 17.3 Å². The summed E-state index contributed by atoms with van der Waals surface area (Å²) >= 11 is 0. The molecule has 90 valence electrons. The van der Waals surface area contributed by atoms with E-state index in [1.54, 1.807) is 0 Å². The van der Waals surface area contributed by atoms with Crippen LogP contribution in [0.2, 0.25) is 0 Å². The van der Waals surface area contributed by atoms with E-state index in [9.17, 15) is 17.6 Å². The monoisotopic (exact) mass is 245 g/mol. The lowest BCUT2D eigenvalue weighted by Gasteiger charge is -2.07. The van der Waals surface area contributed by atoms with Gasteiger partial charge in [0, 0.05) is 17.0 Å². The standard InChI is InChI=1S/C10H7F4N3/c11-9-4-3-8(10(12,13)14)6-7(9)2-1-5-16-17-15/h1-4,6H,5H2. The summed E-state index contributed by atoms with van der Waals surface area (Å²) in [6.07, 6.45) is -2.10. The van der Waals surface area contributed by atoms with Crippen molar-refractivity contribution in [1.29, 1.82) is 0 Å². The number of rotatable bonds is 3. The minimum Gasteiger partial charge on any atom is -0.206 e. The number of benzene rings is 1. The van der Waals surface area contributed by atoms with Crippen molar-refractivity contribution in [2.75, 3.05) is 6.54 Å². The number of nitrogens with zero attached hydrogens (tertiary/aromatic N) is 3. The van der Waals surface area contributed by atoms with Gasteiger partial charge in [-0.05, 0) is 23.7 Å². The van der Waals surface area contributed by atoms with E-state index in [0.717, 1.165) is 12.1 Å². The van der Waals surface area contributed by atoms with Crippen molar-refractivity contribution in [3.63, 3.8) is 0 Å². The van der Waals surface area contributed by atoms with Gasteiger partial charge in [0.25, 0.3) is 0 Å². The first-order valence-corrected chi connectivity index (χ1v) is 4.49. The molecule has 0 heterocycles. The van der Waals surface area contributed by atoms with E-state index in [1.165, 1.54) is 6.08 Å². The molecule has 17 heavy (non-hydrogen) atoms. The van der Waals surface area contributed by atoms with Gasteiger partial charge in [-0.3, -0.25) is 0 Å². The Hall–Kier alpha value is -2.01. The molecular weight excluding hydrogens is 238 g/mol. The van der Waals surface area contributed by atoms with Crippen molar-refractivity contribution in [2.24, 2.45) is 5.11 Å². The molecule has 0 aliphatic carbocycles. The van der Waals surface area contributed by atoms with E-state index in [0.29, 0.717) is 12.1 Å². The summed E-state index contributed by atoms with van der Waals surface area (Å²) in [6.45, 7) is -0.0494. The SMILES string of the molecule is [N-]=[N+]=NCC=Cc1cc(C(F)(F)F)ccc1F. The summed E-state index contributed by atoms with van der Waals surface area (Å²) in [7, 11) is 0. The fourth-order valence-electron chi connectivity index (χ4n) is 1.11. The van der Waals surface area contributed by atoms with Crippen LogP contribution in [0.4, 0.5) is 17.6 Å². The largest absolute Gasteiger partial charge is 0.416 e. The maximum atomic E-state index is 13.1. The van der Waals surface area contributed by atoms with Gasteiger partial charge < -0.3 is 0 Å². The van der Waals surface area contributed by atoms with E-state index in [1.807, 2.05) is 0 Å². The molecule has 0 saturated carbocycles.